The van der Waals surface area contributed by atoms with E-state index in [4.69, 9.17) is 0 Å². The fourth-order valence-corrected chi connectivity index (χ4v) is 2.12. The van der Waals surface area contributed by atoms with Gasteiger partial charge in [-0.25, -0.2) is 4.98 Å². The van der Waals surface area contributed by atoms with Crippen LogP contribution in [0, 0.1) is 0 Å². The normalized spacial score (nSPS) is 12.3. The molecule has 20 heavy (non-hydrogen) atoms. The molecule has 0 aliphatic heterocycles. The molecule has 0 spiro atoms. The van der Waals surface area contributed by atoms with Gasteiger partial charge in [-0.2, -0.15) is 10.2 Å². The Labute approximate surface area is 118 Å². The maximum absolute atomic E-state index is 12.0. The van der Waals surface area contributed by atoms with E-state index in [1.165, 1.54) is 6.33 Å². The van der Waals surface area contributed by atoms with Gasteiger partial charge < -0.3 is 5.32 Å². The number of amides is 1. The average Bonchev–Trinajstić information content (AvgIpc) is 3.02. The van der Waals surface area contributed by atoms with Crippen molar-refractivity contribution in [3.8, 4) is 0 Å². The van der Waals surface area contributed by atoms with Crippen LogP contribution in [0.15, 0.2) is 18.6 Å². The van der Waals surface area contributed by atoms with Crippen LogP contribution in [-0.2, 0) is 25.3 Å². The van der Waals surface area contributed by atoms with Gasteiger partial charge in [-0.1, -0.05) is 6.92 Å². The van der Waals surface area contributed by atoms with E-state index in [0.717, 1.165) is 17.9 Å². The zero-order chi connectivity index (χ0) is 14.5. The Kier molecular flexibility index (Phi) is 4.49. The molecule has 0 aliphatic carbocycles. The number of nitrogens with zero attached hydrogens (tertiary/aromatic N) is 5. The van der Waals surface area contributed by atoms with E-state index in [2.05, 4.69) is 20.5 Å². The highest BCUT2D eigenvalue weighted by Crippen LogP contribution is 2.13. The summed E-state index contributed by atoms with van der Waals surface area (Å²) in [6, 6.07) is 1.83. The molecular formula is C13H20N6O. The van der Waals surface area contributed by atoms with Crippen LogP contribution >= 0.6 is 0 Å². The van der Waals surface area contributed by atoms with Crippen molar-refractivity contribution >= 4 is 5.91 Å². The van der Waals surface area contributed by atoms with E-state index in [1.54, 1.807) is 15.6 Å². The molecular weight excluding hydrogens is 256 g/mol. The van der Waals surface area contributed by atoms with Crippen LogP contribution < -0.4 is 5.32 Å². The first-order valence-electron chi connectivity index (χ1n) is 6.72. The monoisotopic (exact) mass is 276 g/mol. The number of carbonyl (C=O) groups is 1. The highest BCUT2D eigenvalue weighted by atomic mass is 16.1. The van der Waals surface area contributed by atoms with E-state index in [0.29, 0.717) is 12.8 Å². The minimum Gasteiger partial charge on any atom is -0.346 e. The molecule has 0 bridgehead atoms. The van der Waals surface area contributed by atoms with Crippen molar-refractivity contribution in [3.63, 3.8) is 0 Å². The Bertz CT molecular complexity index is 573. The van der Waals surface area contributed by atoms with E-state index in [9.17, 15) is 4.79 Å². The molecule has 0 aromatic carbocycles. The molecule has 0 aliphatic rings. The number of hydrogen-bond acceptors (Lipinski definition) is 4. The molecule has 0 radical (unpaired) electrons. The maximum atomic E-state index is 12.0. The Balaban J connectivity index is 1.90. The van der Waals surface area contributed by atoms with Crippen LogP contribution in [0.3, 0.4) is 0 Å². The third-order valence-corrected chi connectivity index (χ3v) is 3.33. The highest BCUT2D eigenvalue weighted by Gasteiger charge is 2.17. The summed E-state index contributed by atoms with van der Waals surface area (Å²) in [4.78, 5) is 16.2. The number of carbonyl (C=O) groups excluding carboxylic acids is 1. The summed E-state index contributed by atoms with van der Waals surface area (Å²) < 4.78 is 3.48. The summed E-state index contributed by atoms with van der Waals surface area (Å²) in [6.45, 7) is 2.01. The van der Waals surface area contributed by atoms with Crippen LogP contribution in [0.5, 0.6) is 0 Å². The van der Waals surface area contributed by atoms with Crippen molar-refractivity contribution in [2.75, 3.05) is 0 Å². The van der Waals surface area contributed by atoms with Crippen LogP contribution in [0.4, 0.5) is 0 Å². The zero-order valence-corrected chi connectivity index (χ0v) is 12.1. The van der Waals surface area contributed by atoms with Gasteiger partial charge in [0.15, 0.2) is 0 Å². The molecule has 1 unspecified atom stereocenters. The zero-order valence-electron chi connectivity index (χ0n) is 12.1. The topological polar surface area (TPSA) is 77.6 Å². The van der Waals surface area contributed by atoms with Crippen LogP contribution in [0.1, 0.15) is 37.3 Å². The first-order valence-corrected chi connectivity index (χ1v) is 6.72. The maximum Gasteiger partial charge on any atom is 0.220 e. The SMILES string of the molecule is CCC(NC(=O)CCc1ccnn1C)c1ncnn1C. The molecule has 2 aromatic heterocycles. The number of aryl methyl sites for hydroxylation is 3. The Morgan fingerprint density at radius 1 is 1.35 bits per heavy atom. The van der Waals surface area contributed by atoms with Gasteiger partial charge in [0, 0.05) is 32.4 Å². The van der Waals surface area contributed by atoms with Crippen molar-refractivity contribution < 1.29 is 4.79 Å². The second-order valence-corrected chi connectivity index (χ2v) is 4.72. The highest BCUT2D eigenvalue weighted by molar-refractivity contribution is 5.76. The van der Waals surface area contributed by atoms with Crippen molar-refractivity contribution in [2.24, 2.45) is 14.1 Å². The molecule has 7 heteroatoms. The van der Waals surface area contributed by atoms with Crippen molar-refractivity contribution in [3.05, 3.63) is 30.1 Å². The van der Waals surface area contributed by atoms with Gasteiger partial charge >= 0.3 is 0 Å². The molecule has 1 amide bonds. The fourth-order valence-electron chi connectivity index (χ4n) is 2.12. The third-order valence-electron chi connectivity index (χ3n) is 3.33. The fraction of sp³-hybridized carbons (Fsp3) is 0.538. The average molecular weight is 276 g/mol. The summed E-state index contributed by atoms with van der Waals surface area (Å²) >= 11 is 0. The molecule has 2 rings (SSSR count). The van der Waals surface area contributed by atoms with Gasteiger partial charge in [-0.15, -0.1) is 0 Å². The van der Waals surface area contributed by atoms with Gasteiger partial charge in [-0.3, -0.25) is 14.2 Å². The molecule has 1 atom stereocenters. The second kappa shape index (κ2) is 6.31. The number of hydrogen-bond donors (Lipinski definition) is 1. The first kappa shape index (κ1) is 14.2. The summed E-state index contributed by atoms with van der Waals surface area (Å²) in [6.07, 6.45) is 5.14. The van der Waals surface area contributed by atoms with E-state index < -0.39 is 0 Å². The molecule has 1 N–H and O–H groups in total. The Hall–Kier alpha value is -2.18. The summed E-state index contributed by atoms with van der Waals surface area (Å²) in [5.41, 5.74) is 1.05. The Morgan fingerprint density at radius 3 is 2.70 bits per heavy atom. The van der Waals surface area contributed by atoms with Gasteiger partial charge in [0.25, 0.3) is 0 Å². The first-order chi connectivity index (χ1) is 9.61. The lowest BCUT2D eigenvalue weighted by molar-refractivity contribution is -0.121. The lowest BCUT2D eigenvalue weighted by Gasteiger charge is -2.16. The lowest BCUT2D eigenvalue weighted by Crippen LogP contribution is -2.30. The smallest absolute Gasteiger partial charge is 0.220 e. The second-order valence-electron chi connectivity index (χ2n) is 4.72. The van der Waals surface area contributed by atoms with Gasteiger partial charge in [-0.05, 0) is 18.9 Å². The van der Waals surface area contributed by atoms with E-state index in [-0.39, 0.29) is 11.9 Å². The minimum atomic E-state index is -0.0958. The van der Waals surface area contributed by atoms with E-state index in [1.807, 2.05) is 27.1 Å². The molecule has 2 aromatic rings. The van der Waals surface area contributed by atoms with Crippen molar-refractivity contribution in [1.82, 2.24) is 29.9 Å². The summed E-state index contributed by atoms with van der Waals surface area (Å²) in [5.74, 6) is 0.794. The standard InChI is InChI=1S/C13H20N6O/c1-4-11(13-14-9-16-19(13)3)17-12(20)6-5-10-7-8-15-18(10)2/h7-9,11H,4-6H2,1-3H3,(H,17,20). The van der Waals surface area contributed by atoms with E-state index >= 15 is 0 Å². The van der Waals surface area contributed by atoms with Crippen LogP contribution in [0.2, 0.25) is 0 Å². The molecule has 7 nitrogen and oxygen atoms in total. The molecule has 108 valence electrons. The molecule has 0 saturated heterocycles. The predicted octanol–water partition coefficient (Wildman–Crippen LogP) is 0.749. The van der Waals surface area contributed by atoms with Crippen LogP contribution in [0.25, 0.3) is 0 Å². The van der Waals surface area contributed by atoms with Gasteiger partial charge in [0.05, 0.1) is 6.04 Å². The molecule has 2 heterocycles. The lowest BCUT2D eigenvalue weighted by atomic mass is 10.2. The molecule has 0 saturated carbocycles. The predicted molar refractivity (Wildman–Crippen MR) is 73.7 cm³/mol. The van der Waals surface area contributed by atoms with Gasteiger partial charge in [0.2, 0.25) is 5.91 Å². The largest absolute Gasteiger partial charge is 0.346 e. The molecule has 0 fully saturated rings. The quantitative estimate of drug-likeness (QED) is 0.844. The third kappa shape index (κ3) is 3.23. The van der Waals surface area contributed by atoms with Crippen molar-refractivity contribution in [2.45, 2.75) is 32.2 Å². The number of nitrogens with one attached hydrogen (secondary N) is 1. The van der Waals surface area contributed by atoms with Crippen molar-refractivity contribution in [1.29, 1.82) is 0 Å². The Morgan fingerprint density at radius 2 is 2.15 bits per heavy atom. The minimum absolute atomic E-state index is 0.0149. The summed E-state index contributed by atoms with van der Waals surface area (Å²) in [7, 11) is 3.70. The number of aromatic nitrogens is 5. The van der Waals surface area contributed by atoms with Crippen LogP contribution in [-0.4, -0.2) is 30.5 Å². The summed E-state index contributed by atoms with van der Waals surface area (Å²) in [5, 5.41) is 11.1. The number of rotatable bonds is 6. The van der Waals surface area contributed by atoms with Gasteiger partial charge in [0.1, 0.15) is 12.2 Å².